The molecule has 0 aliphatic carbocycles. The van der Waals surface area contributed by atoms with E-state index >= 15 is 0 Å². The van der Waals surface area contributed by atoms with Gasteiger partial charge in [-0.3, -0.25) is 9.59 Å². The molecule has 2 amide bonds. The second-order valence-electron chi connectivity index (χ2n) is 6.23. The van der Waals surface area contributed by atoms with Crippen molar-refractivity contribution in [3.63, 3.8) is 0 Å². The van der Waals surface area contributed by atoms with E-state index in [-0.39, 0.29) is 24.6 Å². The molecule has 1 aliphatic heterocycles. The van der Waals surface area contributed by atoms with Crippen molar-refractivity contribution in [2.75, 3.05) is 6.79 Å². The van der Waals surface area contributed by atoms with Crippen LogP contribution in [0.4, 0.5) is 0 Å². The molecule has 0 saturated carbocycles. The van der Waals surface area contributed by atoms with Gasteiger partial charge in [-0.25, -0.2) is 0 Å². The number of benzene rings is 2. The van der Waals surface area contributed by atoms with Gasteiger partial charge in [0, 0.05) is 23.7 Å². The van der Waals surface area contributed by atoms with Crippen molar-refractivity contribution >= 4 is 11.8 Å². The number of rotatable bonds is 6. The highest BCUT2D eigenvalue weighted by atomic mass is 16.7. The third-order valence-electron chi connectivity index (χ3n) is 4.29. The van der Waals surface area contributed by atoms with E-state index in [0.29, 0.717) is 29.2 Å². The number of fused-ring (bicyclic) bond motifs is 1. The van der Waals surface area contributed by atoms with Crippen LogP contribution in [0.15, 0.2) is 42.5 Å². The third-order valence-corrected chi connectivity index (χ3v) is 4.29. The van der Waals surface area contributed by atoms with E-state index in [2.05, 4.69) is 10.6 Å². The first-order valence-electron chi connectivity index (χ1n) is 8.64. The minimum absolute atomic E-state index is 0.0877. The maximum Gasteiger partial charge on any atom is 0.251 e. The van der Waals surface area contributed by atoms with Gasteiger partial charge in [0.25, 0.3) is 11.8 Å². The zero-order valence-corrected chi connectivity index (χ0v) is 14.9. The molecule has 1 heterocycles. The number of hydrogen-bond donors (Lipinski definition) is 2. The molecule has 0 aromatic heterocycles. The molecule has 0 bridgehead atoms. The summed E-state index contributed by atoms with van der Waals surface area (Å²) in [4.78, 5) is 24.3. The topological polar surface area (TPSA) is 76.7 Å². The summed E-state index contributed by atoms with van der Waals surface area (Å²) in [6, 6.07) is 12.4. The molecule has 6 heteroatoms. The van der Waals surface area contributed by atoms with Crippen molar-refractivity contribution in [3.8, 4) is 11.5 Å². The number of ether oxygens (including phenoxy) is 2. The van der Waals surface area contributed by atoms with Gasteiger partial charge in [0.15, 0.2) is 11.5 Å². The zero-order chi connectivity index (χ0) is 18.5. The number of carbonyl (C=O) groups is 2. The molecule has 0 spiro atoms. The average Bonchev–Trinajstić information content (AvgIpc) is 3.14. The van der Waals surface area contributed by atoms with Gasteiger partial charge in [0.1, 0.15) is 0 Å². The van der Waals surface area contributed by atoms with E-state index in [1.165, 1.54) is 0 Å². The Morgan fingerprint density at radius 3 is 2.42 bits per heavy atom. The van der Waals surface area contributed by atoms with Crippen LogP contribution in [-0.4, -0.2) is 24.6 Å². The summed E-state index contributed by atoms with van der Waals surface area (Å²) in [5.74, 6) is 0.944. The van der Waals surface area contributed by atoms with Crippen molar-refractivity contribution in [2.24, 2.45) is 0 Å². The predicted molar refractivity (Wildman–Crippen MR) is 97.4 cm³/mol. The fourth-order valence-electron chi connectivity index (χ4n) is 2.51. The molecule has 1 atom stereocenters. The summed E-state index contributed by atoms with van der Waals surface area (Å²) >= 11 is 0. The molecule has 0 unspecified atom stereocenters. The van der Waals surface area contributed by atoms with Crippen LogP contribution < -0.4 is 20.1 Å². The summed E-state index contributed by atoms with van der Waals surface area (Å²) < 4.78 is 10.5. The van der Waals surface area contributed by atoms with E-state index < -0.39 is 0 Å². The van der Waals surface area contributed by atoms with Crippen molar-refractivity contribution in [1.82, 2.24) is 10.6 Å². The van der Waals surface area contributed by atoms with Crippen LogP contribution in [-0.2, 0) is 6.54 Å². The van der Waals surface area contributed by atoms with E-state index in [1.807, 2.05) is 26.0 Å². The minimum Gasteiger partial charge on any atom is -0.454 e. The predicted octanol–water partition coefficient (Wildman–Crippen LogP) is 2.87. The highest BCUT2D eigenvalue weighted by Gasteiger charge is 2.16. The van der Waals surface area contributed by atoms with Gasteiger partial charge >= 0.3 is 0 Å². The molecule has 0 fully saturated rings. The van der Waals surface area contributed by atoms with Gasteiger partial charge < -0.3 is 20.1 Å². The Morgan fingerprint density at radius 2 is 1.69 bits per heavy atom. The van der Waals surface area contributed by atoms with Crippen molar-refractivity contribution in [1.29, 1.82) is 0 Å². The summed E-state index contributed by atoms with van der Waals surface area (Å²) in [5.41, 5.74) is 2.04. The largest absolute Gasteiger partial charge is 0.454 e. The second-order valence-corrected chi connectivity index (χ2v) is 6.23. The molecule has 2 N–H and O–H groups in total. The number of carbonyl (C=O) groups excluding carboxylic acids is 2. The molecule has 6 nitrogen and oxygen atoms in total. The van der Waals surface area contributed by atoms with Crippen LogP contribution in [0.5, 0.6) is 11.5 Å². The van der Waals surface area contributed by atoms with Gasteiger partial charge in [-0.05, 0) is 49.2 Å². The highest BCUT2D eigenvalue weighted by Crippen LogP contribution is 2.32. The van der Waals surface area contributed by atoms with Gasteiger partial charge in [-0.15, -0.1) is 0 Å². The van der Waals surface area contributed by atoms with Gasteiger partial charge in [0.05, 0.1) is 0 Å². The monoisotopic (exact) mass is 354 g/mol. The Bertz CT molecular complexity index is 802. The molecule has 3 rings (SSSR count). The van der Waals surface area contributed by atoms with E-state index in [1.54, 1.807) is 30.3 Å². The molecular weight excluding hydrogens is 332 g/mol. The van der Waals surface area contributed by atoms with Gasteiger partial charge in [-0.1, -0.05) is 19.1 Å². The Hall–Kier alpha value is -3.02. The van der Waals surface area contributed by atoms with Crippen LogP contribution in [0.3, 0.4) is 0 Å². The zero-order valence-electron chi connectivity index (χ0n) is 14.9. The van der Waals surface area contributed by atoms with Crippen LogP contribution >= 0.6 is 0 Å². The molecule has 2 aromatic carbocycles. The molecule has 1 aliphatic rings. The maximum atomic E-state index is 12.3. The van der Waals surface area contributed by atoms with Gasteiger partial charge in [0.2, 0.25) is 6.79 Å². The molecular formula is C20H22N2O4. The molecule has 0 saturated heterocycles. The van der Waals surface area contributed by atoms with Gasteiger partial charge in [-0.2, -0.15) is 0 Å². The quantitative estimate of drug-likeness (QED) is 0.836. The fraction of sp³-hybridized carbons (Fsp3) is 0.300. The standard InChI is InChI=1S/C20H22N2O4/c1-3-13(2)22-20(24)15-6-4-14(5-7-15)11-21-19(23)16-8-9-17-18(10-16)26-12-25-17/h4-10,13H,3,11-12H2,1-2H3,(H,21,23)(H,22,24)/t13-/m1/s1. The number of hydrogen-bond acceptors (Lipinski definition) is 4. The Labute approximate surface area is 152 Å². The Balaban J connectivity index is 1.56. The lowest BCUT2D eigenvalue weighted by Gasteiger charge is -2.11. The molecule has 0 radical (unpaired) electrons. The summed E-state index contributed by atoms with van der Waals surface area (Å²) in [6.45, 7) is 4.55. The van der Waals surface area contributed by atoms with Crippen LogP contribution in [0.1, 0.15) is 46.5 Å². The number of amides is 2. The smallest absolute Gasteiger partial charge is 0.251 e. The lowest BCUT2D eigenvalue weighted by molar-refractivity contribution is 0.0934. The first-order chi connectivity index (χ1) is 12.6. The van der Waals surface area contributed by atoms with Crippen molar-refractivity contribution < 1.29 is 19.1 Å². The molecule has 136 valence electrons. The maximum absolute atomic E-state index is 12.3. The molecule has 26 heavy (non-hydrogen) atoms. The van der Waals surface area contributed by atoms with E-state index in [9.17, 15) is 9.59 Å². The minimum atomic E-state index is -0.193. The third kappa shape index (κ3) is 4.14. The van der Waals surface area contributed by atoms with Crippen LogP contribution in [0, 0.1) is 0 Å². The Kier molecular flexibility index (Phi) is 5.41. The van der Waals surface area contributed by atoms with E-state index in [0.717, 1.165) is 12.0 Å². The summed E-state index contributed by atoms with van der Waals surface area (Å²) in [5, 5.41) is 5.79. The summed E-state index contributed by atoms with van der Waals surface area (Å²) in [7, 11) is 0. The van der Waals surface area contributed by atoms with Crippen LogP contribution in [0.2, 0.25) is 0 Å². The highest BCUT2D eigenvalue weighted by molar-refractivity contribution is 5.95. The Morgan fingerprint density at radius 1 is 1.00 bits per heavy atom. The SMILES string of the molecule is CC[C@@H](C)NC(=O)c1ccc(CNC(=O)c2ccc3c(c2)OCO3)cc1. The average molecular weight is 354 g/mol. The second kappa shape index (κ2) is 7.91. The van der Waals surface area contributed by atoms with E-state index in [4.69, 9.17) is 9.47 Å². The summed E-state index contributed by atoms with van der Waals surface area (Å²) in [6.07, 6.45) is 0.885. The normalized spacial score (nSPS) is 13.2. The first-order valence-corrected chi connectivity index (χ1v) is 8.64. The fourth-order valence-corrected chi connectivity index (χ4v) is 2.51. The lowest BCUT2D eigenvalue weighted by Crippen LogP contribution is -2.31. The van der Waals surface area contributed by atoms with Crippen molar-refractivity contribution in [3.05, 3.63) is 59.2 Å². The number of nitrogens with one attached hydrogen (secondary N) is 2. The van der Waals surface area contributed by atoms with Crippen molar-refractivity contribution in [2.45, 2.75) is 32.9 Å². The first kappa shape index (κ1) is 17.8. The molecule has 2 aromatic rings. The lowest BCUT2D eigenvalue weighted by atomic mass is 10.1. The van der Waals surface area contributed by atoms with Crippen LogP contribution in [0.25, 0.3) is 0 Å².